The minimum absolute atomic E-state index is 0. The van der Waals surface area contributed by atoms with E-state index in [0.717, 1.165) is 4.47 Å². The van der Waals surface area contributed by atoms with E-state index in [9.17, 15) is 0 Å². The predicted molar refractivity (Wildman–Crippen MR) is 83.8 cm³/mol. The molecule has 0 N–H and O–H groups in total. The van der Waals surface area contributed by atoms with E-state index in [2.05, 4.69) is 76.6 Å². The molecule has 0 aromatic heterocycles. The first-order chi connectivity index (χ1) is 8.33. The zero-order valence-electron chi connectivity index (χ0n) is 9.23. The first-order valence-corrected chi connectivity index (χ1v) is 6.37. The quantitative estimate of drug-likeness (QED) is 0.524. The monoisotopic (exact) mass is 298 g/mol. The molecule has 3 aromatic rings. The molecule has 0 heterocycles. The summed E-state index contributed by atoms with van der Waals surface area (Å²) in [5, 5.41) is 2.54. The maximum absolute atomic E-state index is 3.50. The van der Waals surface area contributed by atoms with E-state index in [4.69, 9.17) is 0 Å². The number of halogens is 1. The minimum atomic E-state index is 0. The molecule has 0 unspecified atom stereocenters. The summed E-state index contributed by atoms with van der Waals surface area (Å²) in [6, 6.07) is 23.4. The summed E-state index contributed by atoms with van der Waals surface area (Å²) in [5.74, 6) is 0. The molecule has 1 heteroatoms. The van der Waals surface area contributed by atoms with Crippen molar-refractivity contribution in [1.29, 1.82) is 0 Å². The number of fused-ring (bicyclic) bond motifs is 1. The fourth-order valence-electron chi connectivity index (χ4n) is 2.03. The van der Waals surface area contributed by atoms with Gasteiger partial charge in [0.05, 0.1) is 0 Å². The van der Waals surface area contributed by atoms with Crippen LogP contribution in [0.5, 0.6) is 0 Å². The lowest BCUT2D eigenvalue weighted by Gasteiger charge is -2.04. The highest BCUT2D eigenvalue weighted by atomic mass is 79.9. The van der Waals surface area contributed by atoms with Crippen molar-refractivity contribution in [2.24, 2.45) is 0 Å². The van der Waals surface area contributed by atoms with E-state index in [1.807, 2.05) is 6.07 Å². The average Bonchev–Trinajstić information content (AvgIpc) is 2.39. The van der Waals surface area contributed by atoms with E-state index in [1.165, 1.54) is 21.9 Å². The van der Waals surface area contributed by atoms with Gasteiger partial charge >= 0.3 is 0 Å². The van der Waals surface area contributed by atoms with Crippen LogP contribution < -0.4 is 0 Å². The molecule has 0 fully saturated rings. The van der Waals surface area contributed by atoms with Gasteiger partial charge in [0.2, 0.25) is 0 Å². The number of benzene rings is 3. The van der Waals surface area contributed by atoms with Crippen molar-refractivity contribution in [2.45, 2.75) is 7.43 Å². The van der Waals surface area contributed by atoms with E-state index in [1.54, 1.807) is 0 Å². The summed E-state index contributed by atoms with van der Waals surface area (Å²) in [5.41, 5.74) is 2.53. The molecule has 0 nitrogen and oxygen atoms in total. The Bertz CT molecular complexity index is 657. The second kappa shape index (κ2) is 5.36. The summed E-state index contributed by atoms with van der Waals surface area (Å²) in [6.45, 7) is 0. The zero-order chi connectivity index (χ0) is 11.7. The van der Waals surface area contributed by atoms with Crippen molar-refractivity contribution in [3.05, 3.63) is 71.2 Å². The summed E-state index contributed by atoms with van der Waals surface area (Å²) in [6.07, 6.45) is 0. The molecule has 0 saturated heterocycles. The van der Waals surface area contributed by atoms with Crippen LogP contribution in [0, 0.1) is 0 Å². The maximum Gasteiger partial charge on any atom is 0.0181 e. The van der Waals surface area contributed by atoms with Crippen molar-refractivity contribution in [3.8, 4) is 11.1 Å². The van der Waals surface area contributed by atoms with Gasteiger partial charge in [0.1, 0.15) is 0 Å². The van der Waals surface area contributed by atoms with Crippen LogP contribution in [0.1, 0.15) is 7.43 Å². The Morgan fingerprint density at radius 2 is 1.28 bits per heavy atom. The normalized spacial score (nSPS) is 10.1. The van der Waals surface area contributed by atoms with Gasteiger partial charge in [-0.15, -0.1) is 0 Å². The van der Waals surface area contributed by atoms with Crippen LogP contribution in [0.3, 0.4) is 0 Å². The molecule has 0 amide bonds. The lowest BCUT2D eigenvalue weighted by molar-refractivity contribution is 1.64. The fraction of sp³-hybridized carbons (Fsp3) is 0.0588. The molecule has 0 aliphatic carbocycles. The molecular formula is C17H15Br. The highest BCUT2D eigenvalue weighted by Gasteiger charge is 1.99. The predicted octanol–water partition coefficient (Wildman–Crippen LogP) is 5.91. The summed E-state index contributed by atoms with van der Waals surface area (Å²) in [7, 11) is 0. The second-order valence-electron chi connectivity index (χ2n) is 4.07. The van der Waals surface area contributed by atoms with Crippen molar-refractivity contribution in [1.82, 2.24) is 0 Å². The van der Waals surface area contributed by atoms with Crippen LogP contribution in [0.15, 0.2) is 71.2 Å². The second-order valence-corrected chi connectivity index (χ2v) is 4.99. The Morgan fingerprint density at radius 3 is 2.06 bits per heavy atom. The fourth-order valence-corrected chi connectivity index (χ4v) is 2.41. The largest absolute Gasteiger partial charge is 0.0776 e. The van der Waals surface area contributed by atoms with E-state index in [0.29, 0.717) is 0 Å². The molecule has 90 valence electrons. The Kier molecular flexibility index (Phi) is 3.83. The average molecular weight is 299 g/mol. The molecule has 0 aliphatic rings. The van der Waals surface area contributed by atoms with Crippen LogP contribution in [-0.2, 0) is 0 Å². The Labute approximate surface area is 116 Å². The Balaban J connectivity index is 0.00000120. The van der Waals surface area contributed by atoms with Crippen LogP contribution in [0.2, 0.25) is 0 Å². The highest BCUT2D eigenvalue weighted by Crippen LogP contribution is 2.26. The van der Waals surface area contributed by atoms with Crippen molar-refractivity contribution in [3.63, 3.8) is 0 Å². The maximum atomic E-state index is 3.50. The van der Waals surface area contributed by atoms with Crippen LogP contribution >= 0.6 is 15.9 Å². The van der Waals surface area contributed by atoms with Gasteiger partial charge in [-0.1, -0.05) is 71.9 Å². The zero-order valence-corrected chi connectivity index (χ0v) is 10.8. The van der Waals surface area contributed by atoms with E-state index in [-0.39, 0.29) is 7.43 Å². The summed E-state index contributed by atoms with van der Waals surface area (Å²) >= 11 is 3.50. The topological polar surface area (TPSA) is 0 Å². The van der Waals surface area contributed by atoms with Crippen LogP contribution in [-0.4, -0.2) is 0 Å². The van der Waals surface area contributed by atoms with Gasteiger partial charge in [0, 0.05) is 4.47 Å². The summed E-state index contributed by atoms with van der Waals surface area (Å²) < 4.78 is 1.12. The van der Waals surface area contributed by atoms with Gasteiger partial charge in [0.25, 0.3) is 0 Å². The molecule has 0 radical (unpaired) electrons. The lowest BCUT2D eigenvalue weighted by atomic mass is 10.0. The first kappa shape index (κ1) is 12.8. The SMILES string of the molecule is Brc1ccc2cc(-c3ccccc3)ccc2c1.C. The molecule has 0 bridgehead atoms. The Morgan fingerprint density at radius 1 is 0.611 bits per heavy atom. The molecule has 18 heavy (non-hydrogen) atoms. The Hall–Kier alpha value is -1.60. The van der Waals surface area contributed by atoms with Gasteiger partial charge in [-0.2, -0.15) is 0 Å². The van der Waals surface area contributed by atoms with Gasteiger partial charge in [0.15, 0.2) is 0 Å². The first-order valence-electron chi connectivity index (χ1n) is 5.58. The van der Waals surface area contributed by atoms with Crippen LogP contribution in [0.25, 0.3) is 21.9 Å². The van der Waals surface area contributed by atoms with Gasteiger partial charge in [-0.05, 0) is 40.1 Å². The number of hydrogen-bond acceptors (Lipinski definition) is 0. The third kappa shape index (κ3) is 2.46. The molecule has 3 rings (SSSR count). The summed E-state index contributed by atoms with van der Waals surface area (Å²) in [4.78, 5) is 0. The number of hydrogen-bond donors (Lipinski definition) is 0. The highest BCUT2D eigenvalue weighted by molar-refractivity contribution is 9.10. The standard InChI is InChI=1S/C16H11Br.CH4/c17-16-9-8-14-10-13(6-7-15(14)11-16)12-4-2-1-3-5-12;/h1-11H;1H4. The smallest absolute Gasteiger partial charge is 0.0181 e. The molecule has 3 aromatic carbocycles. The lowest BCUT2D eigenvalue weighted by Crippen LogP contribution is -1.78. The van der Waals surface area contributed by atoms with Crippen molar-refractivity contribution >= 4 is 26.7 Å². The number of rotatable bonds is 1. The molecule has 0 saturated carbocycles. The minimum Gasteiger partial charge on any atom is -0.0776 e. The van der Waals surface area contributed by atoms with Crippen LogP contribution in [0.4, 0.5) is 0 Å². The van der Waals surface area contributed by atoms with Crippen molar-refractivity contribution in [2.75, 3.05) is 0 Å². The third-order valence-corrected chi connectivity index (χ3v) is 3.40. The van der Waals surface area contributed by atoms with E-state index >= 15 is 0 Å². The molecule has 0 atom stereocenters. The van der Waals surface area contributed by atoms with Crippen molar-refractivity contribution < 1.29 is 0 Å². The molecule has 0 spiro atoms. The van der Waals surface area contributed by atoms with Gasteiger partial charge in [-0.25, -0.2) is 0 Å². The van der Waals surface area contributed by atoms with Gasteiger partial charge in [-0.3, -0.25) is 0 Å². The third-order valence-electron chi connectivity index (χ3n) is 2.91. The molecular weight excluding hydrogens is 284 g/mol. The van der Waals surface area contributed by atoms with E-state index < -0.39 is 0 Å². The van der Waals surface area contributed by atoms with Gasteiger partial charge < -0.3 is 0 Å². The molecule has 0 aliphatic heterocycles.